The summed E-state index contributed by atoms with van der Waals surface area (Å²) in [6.45, 7) is 2.02. The minimum Gasteiger partial charge on any atom is -0.363 e. The van der Waals surface area contributed by atoms with E-state index < -0.39 is 0 Å². The number of nitrogens with zero attached hydrogens (tertiary/aromatic N) is 3. The van der Waals surface area contributed by atoms with Gasteiger partial charge >= 0.3 is 0 Å². The van der Waals surface area contributed by atoms with Crippen molar-refractivity contribution in [3.63, 3.8) is 0 Å². The van der Waals surface area contributed by atoms with Gasteiger partial charge in [-0.05, 0) is 22.9 Å². The second-order valence-corrected chi connectivity index (χ2v) is 4.02. The average molecular weight is 285 g/mol. The molecule has 0 radical (unpaired) electrons. The van der Waals surface area contributed by atoms with Gasteiger partial charge in [0, 0.05) is 6.07 Å². The number of carbonyl (C=O) groups excluding carboxylic acids is 1. The Hall–Kier alpha value is -1.63. The van der Waals surface area contributed by atoms with Crippen molar-refractivity contribution in [1.82, 2.24) is 14.9 Å². The summed E-state index contributed by atoms with van der Waals surface area (Å²) in [6.07, 6.45) is 3.05. The van der Waals surface area contributed by atoms with Crippen molar-refractivity contribution in [2.75, 3.05) is 5.32 Å². The molecule has 1 N–H and O–H groups in total. The summed E-state index contributed by atoms with van der Waals surface area (Å²) < 4.78 is 7.07. The highest BCUT2D eigenvalue weighted by Crippen LogP contribution is 2.14. The quantitative estimate of drug-likeness (QED) is 0.929. The van der Waals surface area contributed by atoms with Crippen molar-refractivity contribution >= 4 is 27.7 Å². The predicted octanol–water partition coefficient (Wildman–Crippen LogP) is 1.58. The molecule has 0 aliphatic carbocycles. The van der Waals surface area contributed by atoms with Crippen LogP contribution in [0, 0.1) is 6.92 Å². The maximum atomic E-state index is 11.6. The monoisotopic (exact) mass is 284 g/mol. The zero-order valence-electron chi connectivity index (χ0n) is 8.48. The molecule has 2 heterocycles. The lowest BCUT2D eigenvalue weighted by molar-refractivity contribution is -0.117. The van der Waals surface area contributed by atoms with E-state index in [9.17, 15) is 4.79 Å². The van der Waals surface area contributed by atoms with Crippen LogP contribution in [0.2, 0.25) is 0 Å². The Morgan fingerprint density at radius 2 is 2.50 bits per heavy atom. The van der Waals surface area contributed by atoms with Gasteiger partial charge in [-0.3, -0.25) is 9.48 Å². The Labute approximate surface area is 99.7 Å². The molecule has 0 aromatic carbocycles. The van der Waals surface area contributed by atoms with Gasteiger partial charge in [0.2, 0.25) is 5.91 Å². The number of aromatic nitrogens is 3. The summed E-state index contributed by atoms with van der Waals surface area (Å²) in [7, 11) is 0. The lowest BCUT2D eigenvalue weighted by Gasteiger charge is -2.03. The first-order chi connectivity index (χ1) is 7.66. The molecule has 0 saturated carbocycles. The van der Waals surface area contributed by atoms with E-state index in [4.69, 9.17) is 0 Å². The van der Waals surface area contributed by atoms with Crippen molar-refractivity contribution in [1.29, 1.82) is 0 Å². The fraction of sp³-hybridized carbons (Fsp3) is 0.222. The van der Waals surface area contributed by atoms with Crippen molar-refractivity contribution < 1.29 is 9.32 Å². The third-order valence-electron chi connectivity index (χ3n) is 2.04. The fourth-order valence-corrected chi connectivity index (χ4v) is 1.47. The Bertz CT molecular complexity index is 492. The van der Waals surface area contributed by atoms with Crippen LogP contribution < -0.4 is 5.32 Å². The van der Waals surface area contributed by atoms with Crippen molar-refractivity contribution in [3.05, 3.63) is 28.7 Å². The number of hydrogen-bond acceptors (Lipinski definition) is 4. The van der Waals surface area contributed by atoms with Gasteiger partial charge in [-0.25, -0.2) is 0 Å². The molecule has 0 atom stereocenters. The van der Waals surface area contributed by atoms with E-state index in [1.165, 1.54) is 6.26 Å². The van der Waals surface area contributed by atoms with Crippen LogP contribution in [0.1, 0.15) is 5.69 Å². The smallest absolute Gasteiger partial charge is 0.247 e. The standard InChI is InChI=1S/C9H9BrN4O2/c1-6-7(10)4-11-14(6)5-9(15)12-8-2-3-16-13-8/h2-4H,5H2,1H3,(H,12,13,15). The van der Waals surface area contributed by atoms with Gasteiger partial charge in [-0.1, -0.05) is 5.16 Å². The van der Waals surface area contributed by atoms with Crippen molar-refractivity contribution in [2.24, 2.45) is 0 Å². The molecule has 2 aromatic heterocycles. The van der Waals surface area contributed by atoms with Gasteiger partial charge in [0.05, 0.1) is 16.4 Å². The Morgan fingerprint density at radius 3 is 3.06 bits per heavy atom. The molecule has 0 unspecified atom stereocenters. The number of carbonyl (C=O) groups is 1. The molecule has 0 bridgehead atoms. The number of nitrogens with one attached hydrogen (secondary N) is 1. The summed E-state index contributed by atoms with van der Waals surface area (Å²) in [4.78, 5) is 11.6. The highest BCUT2D eigenvalue weighted by Gasteiger charge is 2.09. The van der Waals surface area contributed by atoms with Crippen LogP contribution in [0.4, 0.5) is 5.82 Å². The van der Waals surface area contributed by atoms with E-state index in [1.807, 2.05) is 6.92 Å². The fourth-order valence-electron chi connectivity index (χ4n) is 1.18. The van der Waals surface area contributed by atoms with Crippen LogP contribution in [-0.4, -0.2) is 20.8 Å². The first-order valence-electron chi connectivity index (χ1n) is 4.55. The van der Waals surface area contributed by atoms with Gasteiger partial charge < -0.3 is 9.84 Å². The molecule has 0 saturated heterocycles. The third-order valence-corrected chi connectivity index (χ3v) is 2.82. The van der Waals surface area contributed by atoms with Crippen LogP contribution >= 0.6 is 15.9 Å². The molecule has 16 heavy (non-hydrogen) atoms. The van der Waals surface area contributed by atoms with E-state index in [-0.39, 0.29) is 12.5 Å². The topological polar surface area (TPSA) is 73.0 Å². The normalized spacial score (nSPS) is 10.4. The Balaban J connectivity index is 2.00. The van der Waals surface area contributed by atoms with Crippen LogP contribution in [-0.2, 0) is 11.3 Å². The predicted molar refractivity (Wildman–Crippen MR) is 59.8 cm³/mol. The molecule has 84 valence electrons. The number of anilines is 1. The highest BCUT2D eigenvalue weighted by molar-refractivity contribution is 9.10. The van der Waals surface area contributed by atoms with Crippen LogP contribution in [0.5, 0.6) is 0 Å². The van der Waals surface area contributed by atoms with Crippen LogP contribution in [0.3, 0.4) is 0 Å². The Morgan fingerprint density at radius 1 is 1.69 bits per heavy atom. The van der Waals surface area contributed by atoms with Gasteiger partial charge in [0.1, 0.15) is 12.8 Å². The number of rotatable bonds is 3. The first-order valence-corrected chi connectivity index (χ1v) is 5.34. The zero-order valence-corrected chi connectivity index (χ0v) is 10.1. The maximum absolute atomic E-state index is 11.6. The second kappa shape index (κ2) is 4.48. The highest BCUT2D eigenvalue weighted by atomic mass is 79.9. The molecule has 0 spiro atoms. The minimum atomic E-state index is -0.201. The lowest BCUT2D eigenvalue weighted by Crippen LogP contribution is -2.20. The average Bonchev–Trinajstić information content (AvgIpc) is 2.83. The number of amides is 1. The van der Waals surface area contributed by atoms with Crippen molar-refractivity contribution in [2.45, 2.75) is 13.5 Å². The second-order valence-electron chi connectivity index (χ2n) is 3.17. The van der Waals surface area contributed by atoms with E-state index in [2.05, 4.69) is 36.0 Å². The summed E-state index contributed by atoms with van der Waals surface area (Å²) in [5, 5.41) is 10.2. The number of halogens is 1. The molecule has 1 amide bonds. The minimum absolute atomic E-state index is 0.143. The molecule has 2 aromatic rings. The lowest BCUT2D eigenvalue weighted by atomic mass is 10.4. The van der Waals surface area contributed by atoms with E-state index in [0.29, 0.717) is 5.82 Å². The van der Waals surface area contributed by atoms with Gasteiger partial charge in [-0.2, -0.15) is 5.10 Å². The molecule has 6 nitrogen and oxygen atoms in total. The Kier molecular flexibility index (Phi) is 3.04. The van der Waals surface area contributed by atoms with Crippen LogP contribution in [0.15, 0.2) is 27.5 Å². The molecule has 0 fully saturated rings. The van der Waals surface area contributed by atoms with Gasteiger partial charge in [-0.15, -0.1) is 0 Å². The summed E-state index contributed by atoms with van der Waals surface area (Å²) in [6, 6.07) is 1.57. The maximum Gasteiger partial charge on any atom is 0.247 e. The molecule has 2 rings (SSSR count). The van der Waals surface area contributed by atoms with Gasteiger partial charge in [0.15, 0.2) is 5.82 Å². The van der Waals surface area contributed by atoms with Gasteiger partial charge in [0.25, 0.3) is 0 Å². The van der Waals surface area contributed by atoms with Crippen LogP contribution in [0.25, 0.3) is 0 Å². The van der Waals surface area contributed by atoms with Crippen molar-refractivity contribution in [3.8, 4) is 0 Å². The summed E-state index contributed by atoms with van der Waals surface area (Å²) in [5.41, 5.74) is 0.898. The molecule has 7 heteroatoms. The van der Waals surface area contributed by atoms with E-state index in [0.717, 1.165) is 10.2 Å². The molecular weight excluding hydrogens is 276 g/mol. The molecule has 0 aliphatic rings. The number of hydrogen-bond donors (Lipinski definition) is 1. The van der Waals surface area contributed by atoms with E-state index >= 15 is 0 Å². The molecule has 0 aliphatic heterocycles. The largest absolute Gasteiger partial charge is 0.363 e. The SMILES string of the molecule is Cc1c(Br)cnn1CC(=O)Nc1ccon1. The van der Waals surface area contributed by atoms with E-state index in [1.54, 1.807) is 16.9 Å². The molecular formula is C9H9BrN4O2. The zero-order chi connectivity index (χ0) is 11.5. The first kappa shape index (κ1) is 10.9. The summed E-state index contributed by atoms with van der Waals surface area (Å²) >= 11 is 3.32. The third kappa shape index (κ3) is 2.30. The summed E-state index contributed by atoms with van der Waals surface area (Å²) in [5.74, 6) is 0.196.